The molecule has 2 aromatic rings. The molecule has 0 bridgehead atoms. The number of amides is 4. The van der Waals surface area contributed by atoms with Gasteiger partial charge in [0.25, 0.3) is 0 Å². The lowest BCUT2D eigenvalue weighted by Gasteiger charge is -2.29. The second-order valence-electron chi connectivity index (χ2n) is 6.24. The number of hydrogen-bond acceptors (Lipinski definition) is 4. The molecule has 0 saturated heterocycles. The topological polar surface area (TPSA) is 99.8 Å². The van der Waals surface area contributed by atoms with E-state index in [0.717, 1.165) is 0 Å². The van der Waals surface area contributed by atoms with Crippen molar-refractivity contribution in [2.45, 2.75) is 12.8 Å². The molecule has 0 saturated carbocycles. The van der Waals surface area contributed by atoms with Crippen molar-refractivity contribution < 1.29 is 19.1 Å². The summed E-state index contributed by atoms with van der Waals surface area (Å²) in [6, 6.07) is 13.9. The number of rotatable bonds is 6. The van der Waals surface area contributed by atoms with Gasteiger partial charge in [-0.25, -0.2) is 4.79 Å². The predicted molar refractivity (Wildman–Crippen MR) is 107 cm³/mol. The number of nitrogens with one attached hydrogen (secondary N) is 3. The van der Waals surface area contributed by atoms with Gasteiger partial charge >= 0.3 is 6.03 Å². The molecule has 1 aliphatic heterocycles. The van der Waals surface area contributed by atoms with Crippen molar-refractivity contribution >= 4 is 34.9 Å². The van der Waals surface area contributed by atoms with Crippen LogP contribution >= 0.6 is 0 Å². The smallest absolute Gasteiger partial charge is 0.322 e. The van der Waals surface area contributed by atoms with Crippen LogP contribution < -0.4 is 25.6 Å². The van der Waals surface area contributed by atoms with E-state index in [1.807, 2.05) is 12.1 Å². The van der Waals surface area contributed by atoms with Crippen molar-refractivity contribution in [3.63, 3.8) is 0 Å². The van der Waals surface area contributed by atoms with E-state index in [1.165, 1.54) is 4.90 Å². The normalized spacial score (nSPS) is 12.6. The molecule has 8 nitrogen and oxygen atoms in total. The summed E-state index contributed by atoms with van der Waals surface area (Å²) in [6.45, 7) is 0.273. The van der Waals surface area contributed by atoms with Gasteiger partial charge in [0.2, 0.25) is 11.8 Å². The Hall–Kier alpha value is -3.55. The molecular formula is C20H22N4O4. The fourth-order valence-corrected chi connectivity index (χ4v) is 2.91. The summed E-state index contributed by atoms with van der Waals surface area (Å²) in [7, 11) is 1.54. The van der Waals surface area contributed by atoms with Gasteiger partial charge in [0.15, 0.2) is 0 Å². The van der Waals surface area contributed by atoms with E-state index in [-0.39, 0.29) is 30.8 Å². The van der Waals surface area contributed by atoms with E-state index in [0.29, 0.717) is 35.8 Å². The highest BCUT2D eigenvalue weighted by Crippen LogP contribution is 2.28. The van der Waals surface area contributed by atoms with E-state index in [4.69, 9.17) is 4.74 Å². The summed E-state index contributed by atoms with van der Waals surface area (Å²) in [6.07, 6.45) is 0.712. The second-order valence-corrected chi connectivity index (χ2v) is 6.24. The van der Waals surface area contributed by atoms with E-state index in [1.54, 1.807) is 43.5 Å². The average Bonchev–Trinajstić information content (AvgIpc) is 2.70. The largest absolute Gasteiger partial charge is 0.495 e. The van der Waals surface area contributed by atoms with Crippen LogP contribution in [0.5, 0.6) is 5.75 Å². The summed E-state index contributed by atoms with van der Waals surface area (Å²) < 4.78 is 5.20. The Kier molecular flexibility index (Phi) is 6.11. The molecule has 1 heterocycles. The minimum absolute atomic E-state index is 0.0445. The van der Waals surface area contributed by atoms with Gasteiger partial charge < -0.3 is 20.7 Å². The number of hydrogen-bond donors (Lipinski definition) is 3. The zero-order valence-corrected chi connectivity index (χ0v) is 15.5. The van der Waals surface area contributed by atoms with Crippen molar-refractivity contribution in [2.75, 3.05) is 35.7 Å². The molecule has 146 valence electrons. The fraction of sp³-hybridized carbons (Fsp3) is 0.250. The molecular weight excluding hydrogens is 360 g/mol. The van der Waals surface area contributed by atoms with Gasteiger partial charge in [0.05, 0.1) is 24.2 Å². The van der Waals surface area contributed by atoms with Gasteiger partial charge in [-0.15, -0.1) is 0 Å². The van der Waals surface area contributed by atoms with Gasteiger partial charge in [0, 0.05) is 13.0 Å². The highest BCUT2D eigenvalue weighted by molar-refractivity contribution is 6.09. The maximum Gasteiger partial charge on any atom is 0.322 e. The van der Waals surface area contributed by atoms with E-state index in [2.05, 4.69) is 16.0 Å². The molecule has 4 amide bonds. The number of methoxy groups -OCH3 is 1. The first-order valence-electron chi connectivity index (χ1n) is 8.95. The first-order valence-corrected chi connectivity index (χ1v) is 8.95. The summed E-state index contributed by atoms with van der Waals surface area (Å²) in [5.41, 5.74) is 1.86. The maximum absolute atomic E-state index is 12.4. The molecule has 0 radical (unpaired) electrons. The van der Waals surface area contributed by atoms with Crippen LogP contribution in [-0.4, -0.2) is 38.0 Å². The summed E-state index contributed by atoms with van der Waals surface area (Å²) in [4.78, 5) is 37.7. The Morgan fingerprint density at radius 1 is 1.14 bits per heavy atom. The Morgan fingerprint density at radius 3 is 2.71 bits per heavy atom. The van der Waals surface area contributed by atoms with Crippen LogP contribution in [0.2, 0.25) is 0 Å². The fourth-order valence-electron chi connectivity index (χ4n) is 2.91. The van der Waals surface area contributed by atoms with E-state index >= 15 is 0 Å². The Bertz CT molecular complexity index is 884. The molecule has 0 unspecified atom stereocenters. The summed E-state index contributed by atoms with van der Waals surface area (Å²) in [5.74, 6) is 0.178. The molecule has 2 aromatic carbocycles. The van der Waals surface area contributed by atoms with Crippen LogP contribution in [0.4, 0.5) is 21.9 Å². The van der Waals surface area contributed by atoms with Crippen LogP contribution in [0.15, 0.2) is 48.5 Å². The molecule has 0 spiro atoms. The van der Waals surface area contributed by atoms with Crippen molar-refractivity contribution in [3.05, 3.63) is 48.5 Å². The second kappa shape index (κ2) is 8.90. The van der Waals surface area contributed by atoms with Crippen molar-refractivity contribution in [1.29, 1.82) is 0 Å². The number of urea groups is 1. The van der Waals surface area contributed by atoms with E-state index in [9.17, 15) is 14.4 Å². The molecule has 28 heavy (non-hydrogen) atoms. The molecule has 8 heteroatoms. The number of anilines is 3. The third-order valence-corrected chi connectivity index (χ3v) is 4.25. The highest BCUT2D eigenvalue weighted by Gasteiger charge is 2.26. The number of fused-ring (bicyclic) bond motifs is 1. The van der Waals surface area contributed by atoms with E-state index < -0.39 is 0 Å². The lowest BCUT2D eigenvalue weighted by Crippen LogP contribution is -2.47. The lowest BCUT2D eigenvalue weighted by atomic mass is 10.2. The minimum atomic E-state index is -0.368. The Labute approximate surface area is 162 Å². The van der Waals surface area contributed by atoms with Gasteiger partial charge in [0.1, 0.15) is 12.3 Å². The third kappa shape index (κ3) is 4.59. The average molecular weight is 382 g/mol. The van der Waals surface area contributed by atoms with Crippen LogP contribution in [0.25, 0.3) is 0 Å². The van der Waals surface area contributed by atoms with Gasteiger partial charge in [-0.2, -0.15) is 0 Å². The predicted octanol–water partition coefficient (Wildman–Crippen LogP) is 2.58. The van der Waals surface area contributed by atoms with Crippen molar-refractivity contribution in [2.24, 2.45) is 0 Å². The Balaban J connectivity index is 1.47. The number of benzene rings is 2. The first-order chi connectivity index (χ1) is 13.6. The highest BCUT2D eigenvalue weighted by atomic mass is 16.5. The van der Waals surface area contributed by atoms with Crippen LogP contribution in [-0.2, 0) is 9.59 Å². The zero-order chi connectivity index (χ0) is 19.9. The van der Waals surface area contributed by atoms with Crippen LogP contribution in [0, 0.1) is 0 Å². The Morgan fingerprint density at radius 2 is 1.89 bits per heavy atom. The number of carbonyl (C=O) groups is 3. The third-order valence-electron chi connectivity index (χ3n) is 4.25. The molecule has 0 aromatic heterocycles. The quantitative estimate of drug-likeness (QED) is 0.669. The van der Waals surface area contributed by atoms with Crippen LogP contribution in [0.3, 0.4) is 0 Å². The SMILES string of the molecule is COc1ccccc1NC(=O)CCCNC(=O)N1CC(=O)Nc2ccccc21. The maximum atomic E-state index is 12.4. The van der Waals surface area contributed by atoms with Gasteiger partial charge in [-0.3, -0.25) is 14.5 Å². The number of nitrogens with zero attached hydrogens (tertiary/aromatic N) is 1. The molecule has 3 rings (SSSR count). The van der Waals surface area contributed by atoms with Crippen molar-refractivity contribution in [1.82, 2.24) is 5.32 Å². The summed E-state index contributed by atoms with van der Waals surface area (Å²) in [5, 5.41) is 8.29. The van der Waals surface area contributed by atoms with Crippen molar-refractivity contribution in [3.8, 4) is 5.75 Å². The number of carbonyl (C=O) groups excluding carboxylic acids is 3. The molecule has 0 aliphatic carbocycles. The van der Waals surface area contributed by atoms with Gasteiger partial charge in [-0.1, -0.05) is 24.3 Å². The number of para-hydroxylation sites is 4. The molecule has 0 fully saturated rings. The molecule has 0 atom stereocenters. The van der Waals surface area contributed by atoms with Crippen LogP contribution in [0.1, 0.15) is 12.8 Å². The van der Waals surface area contributed by atoms with Gasteiger partial charge in [-0.05, 0) is 30.7 Å². The standard InChI is InChI=1S/C20H22N4O4/c1-28-17-10-5-3-8-15(17)23-18(25)11-6-12-21-20(27)24-13-19(26)22-14-7-2-4-9-16(14)24/h2-5,7-10H,6,11-13H2,1H3,(H,21,27)(H,22,26)(H,23,25). The molecule has 1 aliphatic rings. The first kappa shape index (κ1) is 19.2. The minimum Gasteiger partial charge on any atom is -0.495 e. The summed E-state index contributed by atoms with van der Waals surface area (Å²) >= 11 is 0. The zero-order valence-electron chi connectivity index (χ0n) is 15.5. The number of ether oxygens (including phenoxy) is 1. The lowest BCUT2D eigenvalue weighted by molar-refractivity contribution is -0.116. The monoisotopic (exact) mass is 382 g/mol. The molecule has 3 N–H and O–H groups in total.